The van der Waals surface area contributed by atoms with Gasteiger partial charge >= 0.3 is 0 Å². The van der Waals surface area contributed by atoms with Gasteiger partial charge in [-0.15, -0.1) is 0 Å². The minimum absolute atomic E-state index is 0.123. The molecule has 0 spiro atoms. The van der Waals surface area contributed by atoms with Crippen LogP contribution in [-0.4, -0.2) is 59.1 Å². The first kappa shape index (κ1) is 10.3. The quantitative estimate of drug-likeness (QED) is 0.676. The maximum Gasteiger partial charge on any atom is 0.213 e. The number of hydrogen-bond acceptors (Lipinski definition) is 5. The first-order chi connectivity index (χ1) is 7.26. The van der Waals surface area contributed by atoms with E-state index >= 15 is 0 Å². The summed E-state index contributed by atoms with van der Waals surface area (Å²) in [6.45, 7) is 0.455. The largest absolute Gasteiger partial charge is 0.382 e. The van der Waals surface area contributed by atoms with Crippen LogP contribution in [0, 0.1) is 0 Å². The van der Waals surface area contributed by atoms with E-state index in [9.17, 15) is 0 Å². The van der Waals surface area contributed by atoms with Gasteiger partial charge in [0, 0.05) is 27.8 Å². The van der Waals surface area contributed by atoms with Gasteiger partial charge in [-0.25, -0.2) is 0 Å². The average Bonchev–Trinajstić information content (AvgIpc) is 2.28. The molecule has 0 amide bonds. The molecule has 84 valence electrons. The molecule has 3 unspecified atom stereocenters. The zero-order valence-corrected chi connectivity index (χ0v) is 8.76. The van der Waals surface area contributed by atoms with E-state index in [4.69, 9.17) is 20.4 Å². The first-order valence-corrected chi connectivity index (χ1v) is 4.58. The highest BCUT2D eigenvalue weighted by Gasteiger charge is 2.38. The van der Waals surface area contributed by atoms with Crippen molar-refractivity contribution in [2.75, 3.05) is 27.9 Å². The van der Waals surface area contributed by atoms with E-state index in [-0.39, 0.29) is 18.3 Å². The summed E-state index contributed by atoms with van der Waals surface area (Å²) in [4.78, 5) is 0. The fraction of sp³-hybridized carbons (Fsp3) is 1.00. The summed E-state index contributed by atoms with van der Waals surface area (Å²) in [5.74, 6) is 0. The van der Waals surface area contributed by atoms with Crippen LogP contribution >= 0.6 is 0 Å². The third kappa shape index (κ3) is 2.65. The molecule has 0 aromatic heterocycles. The van der Waals surface area contributed by atoms with E-state index < -0.39 is 6.29 Å². The molecular weight excluding hydrogens is 188 g/mol. The average molecular weight is 208 g/mol. The molecule has 4 atom stereocenters. The van der Waals surface area contributed by atoms with Crippen molar-refractivity contribution < 1.29 is 24.1 Å². The molecule has 0 radical (unpaired) electrons. The highest BCUT2D eigenvalue weighted by Crippen LogP contribution is 2.23. The van der Waals surface area contributed by atoms with Crippen molar-refractivity contribution in [1.82, 2.24) is 0 Å². The van der Waals surface area contributed by atoms with Gasteiger partial charge in [0.05, 0.1) is 18.8 Å². The topological polar surface area (TPSA) is 57.2 Å². The zero-order valence-electron chi connectivity index (χ0n) is 9.76. The van der Waals surface area contributed by atoms with Crippen LogP contribution in [0.25, 0.3) is 0 Å². The Kier molecular flexibility index (Phi) is 4.15. The fourth-order valence-electron chi connectivity index (χ4n) is 1.68. The number of aliphatic hydroxyl groups is 1. The van der Waals surface area contributed by atoms with Crippen LogP contribution < -0.4 is 0 Å². The number of hydrogen-bond donors (Lipinski definition) is 1. The second-order valence-corrected chi connectivity index (χ2v) is 3.29. The molecule has 1 rings (SSSR count). The van der Waals surface area contributed by atoms with Gasteiger partial charge in [0.1, 0.15) is 6.10 Å². The van der Waals surface area contributed by atoms with E-state index in [0.29, 0.717) is 13.0 Å². The third-order valence-electron chi connectivity index (χ3n) is 2.38. The lowest BCUT2D eigenvalue weighted by atomic mass is 10.0. The number of ether oxygens (including phenoxy) is 4. The Hall–Kier alpha value is -0.200. The summed E-state index contributed by atoms with van der Waals surface area (Å²) >= 11 is 0. The van der Waals surface area contributed by atoms with Crippen molar-refractivity contribution in [2.45, 2.75) is 31.0 Å². The summed E-state index contributed by atoms with van der Waals surface area (Å²) in [5, 5.41) is 4.47. The first-order valence-electron chi connectivity index (χ1n) is 4.99. The molecule has 0 bridgehead atoms. The molecule has 1 fully saturated rings. The van der Waals surface area contributed by atoms with E-state index in [2.05, 4.69) is 5.11 Å². The predicted molar refractivity (Wildman–Crippen MR) is 49.0 cm³/mol. The van der Waals surface area contributed by atoms with Gasteiger partial charge in [0.2, 0.25) is 1.43 Å². The van der Waals surface area contributed by atoms with Crippen LogP contribution in [-0.2, 0) is 18.9 Å². The molecule has 14 heavy (non-hydrogen) atoms. The minimum Gasteiger partial charge on any atom is -0.382 e. The van der Waals surface area contributed by atoms with Gasteiger partial charge in [-0.3, -0.25) is 0 Å². The number of methoxy groups -OCH3 is 3. The normalized spacial score (nSPS) is 39.5. The highest BCUT2D eigenvalue weighted by molar-refractivity contribution is 4.82. The Morgan fingerprint density at radius 1 is 1.43 bits per heavy atom. The van der Waals surface area contributed by atoms with Crippen LogP contribution in [0.3, 0.4) is 0 Å². The van der Waals surface area contributed by atoms with E-state index in [1.165, 1.54) is 0 Å². The Morgan fingerprint density at radius 2 is 2.21 bits per heavy atom. The van der Waals surface area contributed by atoms with Crippen molar-refractivity contribution in [3.63, 3.8) is 0 Å². The van der Waals surface area contributed by atoms with Gasteiger partial charge in [-0.2, -0.15) is 0 Å². The van der Waals surface area contributed by atoms with Crippen LogP contribution in [0.15, 0.2) is 0 Å². The SMILES string of the molecule is [3H]O[C@H]1OC(COC)CC(OC)C1OC. The van der Waals surface area contributed by atoms with Crippen molar-refractivity contribution in [2.24, 2.45) is 0 Å². The van der Waals surface area contributed by atoms with Gasteiger partial charge in [-0.05, 0) is 0 Å². The van der Waals surface area contributed by atoms with Crippen LogP contribution in [0.1, 0.15) is 6.42 Å². The summed E-state index contributed by atoms with van der Waals surface area (Å²) in [6, 6.07) is 0. The second-order valence-electron chi connectivity index (χ2n) is 3.29. The smallest absolute Gasteiger partial charge is 0.213 e. The summed E-state index contributed by atoms with van der Waals surface area (Å²) in [6.07, 6.45) is -0.696. The summed E-state index contributed by atoms with van der Waals surface area (Å²) < 4.78 is 27.9. The van der Waals surface area contributed by atoms with Crippen molar-refractivity contribution in [1.29, 1.82) is 1.43 Å². The molecule has 1 aliphatic heterocycles. The molecule has 0 aromatic carbocycles. The lowest BCUT2D eigenvalue weighted by Crippen LogP contribution is -2.51. The molecule has 1 aliphatic rings. The Morgan fingerprint density at radius 3 is 2.71 bits per heavy atom. The Balaban J connectivity index is 2.60. The monoisotopic (exact) mass is 208 g/mol. The highest BCUT2D eigenvalue weighted by atomic mass is 16.7. The van der Waals surface area contributed by atoms with Gasteiger partial charge in [0.25, 0.3) is 0 Å². The standard InChI is InChI=1S/C9H18O5/c1-11-5-6-4-7(12-2)8(13-3)9(10)14-6/h6-10H,4-5H2,1-3H3/t6?,7?,8?,9-/m0/s1/i10T. The molecule has 5 heteroatoms. The van der Waals surface area contributed by atoms with Gasteiger partial charge in [0.15, 0.2) is 6.29 Å². The minimum atomic E-state index is -0.728. The zero-order chi connectivity index (χ0) is 11.3. The summed E-state index contributed by atoms with van der Waals surface area (Å²) in [5.41, 5.74) is 0. The number of rotatable bonds is 5. The molecule has 1 saturated heterocycles. The van der Waals surface area contributed by atoms with Gasteiger partial charge in [-0.1, -0.05) is 0 Å². The lowest BCUT2D eigenvalue weighted by molar-refractivity contribution is -0.263. The summed E-state index contributed by atoms with van der Waals surface area (Å²) in [7, 11) is 4.75. The van der Waals surface area contributed by atoms with E-state index in [0.717, 1.165) is 0 Å². The maximum atomic E-state index is 6.92. The lowest BCUT2D eigenvalue weighted by Gasteiger charge is -2.37. The molecule has 1 heterocycles. The Bertz CT molecular complexity index is 166. The fourth-order valence-corrected chi connectivity index (χ4v) is 1.68. The van der Waals surface area contributed by atoms with E-state index in [1.807, 2.05) is 0 Å². The molecule has 0 aliphatic carbocycles. The third-order valence-corrected chi connectivity index (χ3v) is 2.38. The van der Waals surface area contributed by atoms with Crippen LogP contribution in [0.4, 0.5) is 0 Å². The van der Waals surface area contributed by atoms with E-state index in [1.54, 1.807) is 21.3 Å². The maximum absolute atomic E-state index is 6.92. The van der Waals surface area contributed by atoms with Crippen molar-refractivity contribution >= 4 is 0 Å². The number of aliphatic hydroxyl groups excluding tert-OH is 1. The Labute approximate surface area is 85.4 Å². The predicted octanol–water partition coefficient (Wildman–Crippen LogP) is -0.230. The van der Waals surface area contributed by atoms with Gasteiger partial charge < -0.3 is 24.1 Å². The van der Waals surface area contributed by atoms with Crippen LogP contribution in [0.5, 0.6) is 0 Å². The van der Waals surface area contributed by atoms with Crippen molar-refractivity contribution in [3.8, 4) is 0 Å². The molecule has 0 saturated carbocycles. The van der Waals surface area contributed by atoms with Crippen LogP contribution in [0.2, 0.25) is 0 Å². The molecule has 1 N–H and O–H groups in total. The molecule has 5 nitrogen and oxygen atoms in total. The molecular formula is C9H18O5. The second kappa shape index (κ2) is 5.63. The molecule has 0 aromatic rings. The van der Waals surface area contributed by atoms with Crippen molar-refractivity contribution in [3.05, 3.63) is 0 Å².